The molecule has 1 amide bonds. The molecule has 4 rings (SSSR count). The van der Waals surface area contributed by atoms with E-state index in [9.17, 15) is 4.79 Å². The fourth-order valence-corrected chi connectivity index (χ4v) is 2.93. The third kappa shape index (κ3) is 1.55. The second-order valence-electron chi connectivity index (χ2n) is 4.94. The summed E-state index contributed by atoms with van der Waals surface area (Å²) >= 11 is 0. The number of fused-ring (bicyclic) bond motifs is 3. The van der Waals surface area contributed by atoms with Crippen molar-refractivity contribution in [2.75, 3.05) is 18.1 Å². The number of carbonyl (C=O) groups is 1. The van der Waals surface area contributed by atoms with E-state index >= 15 is 0 Å². The summed E-state index contributed by atoms with van der Waals surface area (Å²) in [5.74, 6) is 0. The molecule has 1 heterocycles. The Labute approximate surface area is 111 Å². The summed E-state index contributed by atoms with van der Waals surface area (Å²) in [5.41, 5.74) is 6.19. The Bertz CT molecular complexity index is 678. The van der Waals surface area contributed by atoms with Crippen LogP contribution >= 0.6 is 0 Å². The minimum absolute atomic E-state index is 0.240. The number of hydrogen-bond acceptors (Lipinski definition) is 2. The summed E-state index contributed by atoms with van der Waals surface area (Å²) in [6, 6.07) is 14.7. The van der Waals surface area contributed by atoms with Crippen LogP contribution < -0.4 is 4.90 Å². The first-order valence-electron chi connectivity index (χ1n) is 6.48. The van der Waals surface area contributed by atoms with E-state index in [0.29, 0.717) is 13.2 Å². The minimum Gasteiger partial charge on any atom is -0.447 e. The maximum Gasteiger partial charge on any atom is 0.414 e. The Hall–Kier alpha value is -2.29. The van der Waals surface area contributed by atoms with Gasteiger partial charge in [0.1, 0.15) is 6.61 Å². The molecule has 1 saturated heterocycles. The molecule has 1 aliphatic carbocycles. The monoisotopic (exact) mass is 251 g/mol. The van der Waals surface area contributed by atoms with Crippen molar-refractivity contribution in [3.8, 4) is 11.1 Å². The Kier molecular flexibility index (Phi) is 2.15. The lowest BCUT2D eigenvalue weighted by atomic mass is 10.1. The molecule has 0 radical (unpaired) electrons. The Morgan fingerprint density at radius 2 is 1.84 bits per heavy atom. The lowest BCUT2D eigenvalue weighted by molar-refractivity contribution is 0.181. The van der Waals surface area contributed by atoms with Gasteiger partial charge in [0.15, 0.2) is 0 Å². The van der Waals surface area contributed by atoms with Gasteiger partial charge in [-0.25, -0.2) is 4.79 Å². The smallest absolute Gasteiger partial charge is 0.414 e. The number of benzene rings is 2. The Balaban J connectivity index is 1.77. The highest BCUT2D eigenvalue weighted by molar-refractivity contribution is 5.90. The molecule has 0 spiro atoms. The molecule has 3 heteroatoms. The molecule has 0 saturated carbocycles. The molecular weight excluding hydrogens is 238 g/mol. The van der Waals surface area contributed by atoms with Crippen LogP contribution in [0.4, 0.5) is 10.5 Å². The highest BCUT2D eigenvalue weighted by Gasteiger charge is 2.25. The van der Waals surface area contributed by atoms with Gasteiger partial charge in [-0.15, -0.1) is 0 Å². The van der Waals surface area contributed by atoms with Crippen LogP contribution in [0, 0.1) is 0 Å². The van der Waals surface area contributed by atoms with Crippen LogP contribution in [-0.2, 0) is 11.2 Å². The number of amides is 1. The average molecular weight is 251 g/mol. The predicted octanol–water partition coefficient (Wildman–Crippen LogP) is 3.21. The summed E-state index contributed by atoms with van der Waals surface area (Å²) in [6.45, 7) is 1.13. The number of hydrogen-bond donors (Lipinski definition) is 0. The number of carbonyl (C=O) groups excluding carboxylic acids is 1. The number of ether oxygens (including phenoxy) is 1. The topological polar surface area (TPSA) is 29.5 Å². The Morgan fingerprint density at radius 3 is 2.68 bits per heavy atom. The zero-order valence-electron chi connectivity index (χ0n) is 10.4. The van der Waals surface area contributed by atoms with Crippen LogP contribution in [0.15, 0.2) is 42.5 Å². The van der Waals surface area contributed by atoms with Crippen LogP contribution in [0.5, 0.6) is 0 Å². The summed E-state index contributed by atoms with van der Waals surface area (Å²) in [5, 5.41) is 0. The second-order valence-corrected chi connectivity index (χ2v) is 4.94. The standard InChI is InChI=1S/C16H13NO2/c18-16-17(7-8-19-16)13-5-6-15-12(10-13)9-11-3-1-2-4-14(11)15/h1-6,10H,7-9H2. The van der Waals surface area contributed by atoms with Gasteiger partial charge in [-0.05, 0) is 40.8 Å². The van der Waals surface area contributed by atoms with E-state index < -0.39 is 0 Å². The predicted molar refractivity (Wildman–Crippen MR) is 73.4 cm³/mol. The van der Waals surface area contributed by atoms with E-state index in [0.717, 1.165) is 12.1 Å². The highest BCUT2D eigenvalue weighted by atomic mass is 16.6. The van der Waals surface area contributed by atoms with Gasteiger partial charge in [-0.3, -0.25) is 4.90 Å². The van der Waals surface area contributed by atoms with Gasteiger partial charge in [-0.1, -0.05) is 30.3 Å². The number of anilines is 1. The zero-order chi connectivity index (χ0) is 12.8. The van der Waals surface area contributed by atoms with Gasteiger partial charge in [0.2, 0.25) is 0 Å². The van der Waals surface area contributed by atoms with Gasteiger partial charge in [0.25, 0.3) is 0 Å². The number of nitrogens with zero attached hydrogens (tertiary/aromatic N) is 1. The van der Waals surface area contributed by atoms with E-state index in [1.54, 1.807) is 4.90 Å². The molecule has 3 nitrogen and oxygen atoms in total. The molecule has 0 unspecified atom stereocenters. The lowest BCUT2D eigenvalue weighted by Gasteiger charge is -2.14. The van der Waals surface area contributed by atoms with E-state index in [4.69, 9.17) is 4.74 Å². The third-order valence-corrected chi connectivity index (χ3v) is 3.85. The summed E-state index contributed by atoms with van der Waals surface area (Å²) < 4.78 is 4.99. The van der Waals surface area contributed by atoms with Crippen molar-refractivity contribution in [2.45, 2.75) is 6.42 Å². The van der Waals surface area contributed by atoms with Crippen LogP contribution in [0.3, 0.4) is 0 Å². The van der Waals surface area contributed by atoms with Crippen LogP contribution in [0.2, 0.25) is 0 Å². The van der Waals surface area contributed by atoms with E-state index in [-0.39, 0.29) is 6.09 Å². The minimum atomic E-state index is -0.240. The quantitative estimate of drug-likeness (QED) is 0.664. The van der Waals surface area contributed by atoms with Crippen molar-refractivity contribution in [1.29, 1.82) is 0 Å². The van der Waals surface area contributed by atoms with Crippen molar-refractivity contribution in [1.82, 2.24) is 0 Å². The van der Waals surface area contributed by atoms with E-state index in [1.165, 1.54) is 22.3 Å². The van der Waals surface area contributed by atoms with E-state index in [2.05, 4.69) is 36.4 Å². The van der Waals surface area contributed by atoms with Gasteiger partial charge >= 0.3 is 6.09 Å². The van der Waals surface area contributed by atoms with Gasteiger partial charge in [0, 0.05) is 5.69 Å². The maximum atomic E-state index is 11.6. The third-order valence-electron chi connectivity index (χ3n) is 3.85. The Morgan fingerprint density at radius 1 is 1.00 bits per heavy atom. The first kappa shape index (κ1) is 10.6. The molecule has 1 aliphatic heterocycles. The molecule has 0 N–H and O–H groups in total. The molecule has 2 aromatic rings. The van der Waals surface area contributed by atoms with Crippen LogP contribution in [-0.4, -0.2) is 19.2 Å². The van der Waals surface area contributed by atoms with Crippen molar-refractivity contribution in [3.63, 3.8) is 0 Å². The molecule has 0 atom stereocenters. The fourth-order valence-electron chi connectivity index (χ4n) is 2.93. The first-order valence-corrected chi connectivity index (χ1v) is 6.48. The normalized spacial score (nSPS) is 16.2. The van der Waals surface area contributed by atoms with Gasteiger partial charge < -0.3 is 4.74 Å². The van der Waals surface area contributed by atoms with Crippen LogP contribution in [0.25, 0.3) is 11.1 Å². The van der Waals surface area contributed by atoms with Crippen LogP contribution in [0.1, 0.15) is 11.1 Å². The number of rotatable bonds is 1. The molecule has 19 heavy (non-hydrogen) atoms. The largest absolute Gasteiger partial charge is 0.447 e. The molecule has 94 valence electrons. The SMILES string of the molecule is O=C1OCCN1c1ccc2c(c1)Cc1ccccc1-2. The summed E-state index contributed by atoms with van der Waals surface area (Å²) in [6.07, 6.45) is 0.706. The van der Waals surface area contributed by atoms with Crippen molar-refractivity contribution >= 4 is 11.8 Å². The van der Waals surface area contributed by atoms with Crippen molar-refractivity contribution < 1.29 is 9.53 Å². The van der Waals surface area contributed by atoms with Crippen molar-refractivity contribution in [3.05, 3.63) is 53.6 Å². The van der Waals surface area contributed by atoms with Crippen molar-refractivity contribution in [2.24, 2.45) is 0 Å². The van der Waals surface area contributed by atoms with Gasteiger partial charge in [0.05, 0.1) is 6.54 Å². The molecule has 2 aromatic carbocycles. The summed E-state index contributed by atoms with van der Waals surface area (Å²) in [4.78, 5) is 13.3. The maximum absolute atomic E-state index is 11.6. The average Bonchev–Trinajstić information content (AvgIpc) is 3.01. The van der Waals surface area contributed by atoms with E-state index in [1.807, 2.05) is 6.07 Å². The molecule has 2 aliphatic rings. The zero-order valence-corrected chi connectivity index (χ0v) is 10.4. The fraction of sp³-hybridized carbons (Fsp3) is 0.188. The molecular formula is C16H13NO2. The second kappa shape index (κ2) is 3.85. The lowest BCUT2D eigenvalue weighted by Crippen LogP contribution is -2.23. The molecule has 0 bridgehead atoms. The van der Waals surface area contributed by atoms with Gasteiger partial charge in [-0.2, -0.15) is 0 Å². The molecule has 1 fully saturated rings. The number of cyclic esters (lactones) is 1. The molecule has 0 aromatic heterocycles. The first-order chi connectivity index (χ1) is 9.33. The summed E-state index contributed by atoms with van der Waals surface area (Å²) in [7, 11) is 0. The highest BCUT2D eigenvalue weighted by Crippen LogP contribution is 2.38.